The molecular formula is C22H36N6. The van der Waals surface area contributed by atoms with Crippen LogP contribution in [0.25, 0.3) is 11.0 Å². The average molecular weight is 385 g/mol. The molecule has 0 amide bonds. The summed E-state index contributed by atoms with van der Waals surface area (Å²) >= 11 is 0. The predicted octanol–water partition coefficient (Wildman–Crippen LogP) is 3.16. The maximum absolute atomic E-state index is 4.65. The summed E-state index contributed by atoms with van der Waals surface area (Å²) < 4.78 is 2.30. The molecule has 1 saturated heterocycles. The third-order valence-corrected chi connectivity index (χ3v) is 5.82. The van der Waals surface area contributed by atoms with Crippen LogP contribution in [-0.4, -0.2) is 59.2 Å². The first-order valence-electron chi connectivity index (χ1n) is 10.6. The fraction of sp³-hybridized carbons (Fsp3) is 0.636. The van der Waals surface area contributed by atoms with E-state index in [1.165, 1.54) is 37.9 Å². The molecule has 1 aliphatic rings. The van der Waals surface area contributed by atoms with Gasteiger partial charge in [0.25, 0.3) is 0 Å². The van der Waals surface area contributed by atoms with Gasteiger partial charge in [-0.15, -0.1) is 0 Å². The lowest BCUT2D eigenvalue weighted by molar-refractivity contribution is 0.0982. The van der Waals surface area contributed by atoms with Crippen LogP contribution in [0.3, 0.4) is 0 Å². The maximum Gasteiger partial charge on any atom is 0.191 e. The minimum atomic E-state index is 0.144. The van der Waals surface area contributed by atoms with Gasteiger partial charge in [0.1, 0.15) is 5.82 Å². The van der Waals surface area contributed by atoms with Crippen LogP contribution in [0.5, 0.6) is 0 Å². The summed E-state index contributed by atoms with van der Waals surface area (Å²) in [7, 11) is 1.84. The highest BCUT2D eigenvalue weighted by Crippen LogP contribution is 2.19. The van der Waals surface area contributed by atoms with Crippen molar-refractivity contribution in [3.05, 3.63) is 30.1 Å². The normalized spacial score (nSPS) is 16.5. The van der Waals surface area contributed by atoms with E-state index in [2.05, 4.69) is 69.0 Å². The van der Waals surface area contributed by atoms with Crippen molar-refractivity contribution in [1.29, 1.82) is 0 Å². The van der Waals surface area contributed by atoms with Crippen LogP contribution in [0, 0.1) is 6.92 Å². The molecule has 154 valence electrons. The van der Waals surface area contributed by atoms with Gasteiger partial charge in [-0.25, -0.2) is 4.98 Å². The van der Waals surface area contributed by atoms with Crippen molar-refractivity contribution in [1.82, 2.24) is 25.1 Å². The molecule has 0 aliphatic carbocycles. The quantitative estimate of drug-likeness (QED) is 0.437. The number of hydrogen-bond donors (Lipinski definition) is 2. The van der Waals surface area contributed by atoms with Crippen molar-refractivity contribution in [2.45, 2.75) is 58.5 Å². The number of aryl methyl sites for hydroxylation is 2. The van der Waals surface area contributed by atoms with Gasteiger partial charge < -0.3 is 15.2 Å². The number of aromatic nitrogens is 2. The highest BCUT2D eigenvalue weighted by molar-refractivity contribution is 5.79. The van der Waals surface area contributed by atoms with E-state index in [-0.39, 0.29) is 5.54 Å². The third kappa shape index (κ3) is 5.04. The summed E-state index contributed by atoms with van der Waals surface area (Å²) in [5.74, 6) is 1.96. The molecule has 6 heteroatoms. The lowest BCUT2D eigenvalue weighted by Gasteiger charge is -2.41. The summed E-state index contributed by atoms with van der Waals surface area (Å²) in [4.78, 5) is 11.6. The molecule has 1 fully saturated rings. The Labute approximate surface area is 169 Å². The van der Waals surface area contributed by atoms with E-state index >= 15 is 0 Å². The SMILES string of the molecule is CN=C(NCCCn1c(C)nc2ccccc21)NCC(C)(C)N1CCCCC1. The van der Waals surface area contributed by atoms with Gasteiger partial charge in [-0.3, -0.25) is 9.89 Å². The summed E-state index contributed by atoms with van der Waals surface area (Å²) in [6, 6.07) is 8.34. The minimum absolute atomic E-state index is 0.144. The summed E-state index contributed by atoms with van der Waals surface area (Å²) in [5.41, 5.74) is 2.43. The van der Waals surface area contributed by atoms with Crippen molar-refractivity contribution in [3.8, 4) is 0 Å². The van der Waals surface area contributed by atoms with E-state index < -0.39 is 0 Å². The summed E-state index contributed by atoms with van der Waals surface area (Å²) in [6.45, 7) is 11.9. The highest BCUT2D eigenvalue weighted by Gasteiger charge is 2.27. The Morgan fingerprint density at radius 3 is 2.64 bits per heavy atom. The first kappa shape index (κ1) is 20.6. The van der Waals surface area contributed by atoms with Gasteiger partial charge in [0.2, 0.25) is 0 Å². The molecule has 0 unspecified atom stereocenters. The van der Waals surface area contributed by atoms with E-state index in [0.29, 0.717) is 0 Å². The Morgan fingerprint density at radius 1 is 1.14 bits per heavy atom. The molecule has 1 aliphatic heterocycles. The standard InChI is InChI=1S/C22H36N6/c1-18-26-19-11-6-7-12-20(19)28(18)16-10-13-24-21(23-4)25-17-22(2,3)27-14-8-5-9-15-27/h6-7,11-12H,5,8-10,13-17H2,1-4H3,(H2,23,24,25). The van der Waals surface area contributed by atoms with Crippen LogP contribution in [0.4, 0.5) is 0 Å². The first-order valence-corrected chi connectivity index (χ1v) is 10.6. The van der Waals surface area contributed by atoms with Gasteiger partial charge in [-0.1, -0.05) is 18.6 Å². The van der Waals surface area contributed by atoms with Crippen molar-refractivity contribution in [2.75, 3.05) is 33.2 Å². The number of nitrogens with one attached hydrogen (secondary N) is 2. The second kappa shape index (κ2) is 9.41. The summed E-state index contributed by atoms with van der Waals surface area (Å²) in [5, 5.41) is 6.98. The molecule has 2 aromatic rings. The van der Waals surface area contributed by atoms with Gasteiger partial charge in [-0.05, 0) is 65.3 Å². The minimum Gasteiger partial charge on any atom is -0.356 e. The highest BCUT2D eigenvalue weighted by atomic mass is 15.2. The number of imidazole rings is 1. The number of rotatable bonds is 7. The van der Waals surface area contributed by atoms with E-state index in [4.69, 9.17) is 0 Å². The number of likely N-dealkylation sites (tertiary alicyclic amines) is 1. The zero-order valence-corrected chi connectivity index (χ0v) is 18.0. The Kier molecular flexibility index (Phi) is 6.94. The number of fused-ring (bicyclic) bond motifs is 1. The monoisotopic (exact) mass is 384 g/mol. The molecule has 6 nitrogen and oxygen atoms in total. The largest absolute Gasteiger partial charge is 0.356 e. The van der Waals surface area contributed by atoms with Crippen molar-refractivity contribution >= 4 is 17.0 Å². The lowest BCUT2D eigenvalue weighted by atomic mass is 9.98. The van der Waals surface area contributed by atoms with Crippen molar-refractivity contribution in [2.24, 2.45) is 4.99 Å². The topological polar surface area (TPSA) is 57.5 Å². The number of para-hydroxylation sites is 2. The molecule has 0 saturated carbocycles. The van der Waals surface area contributed by atoms with Gasteiger partial charge in [-0.2, -0.15) is 0 Å². The number of benzene rings is 1. The molecule has 2 heterocycles. The molecule has 28 heavy (non-hydrogen) atoms. The predicted molar refractivity (Wildman–Crippen MR) is 118 cm³/mol. The molecular weight excluding hydrogens is 348 g/mol. The van der Waals surface area contributed by atoms with Crippen molar-refractivity contribution < 1.29 is 0 Å². The van der Waals surface area contributed by atoms with Crippen LogP contribution >= 0.6 is 0 Å². The third-order valence-electron chi connectivity index (χ3n) is 5.82. The van der Waals surface area contributed by atoms with E-state index in [9.17, 15) is 0 Å². The molecule has 2 N–H and O–H groups in total. The molecule has 1 aromatic carbocycles. The van der Waals surface area contributed by atoms with Gasteiger partial charge >= 0.3 is 0 Å². The fourth-order valence-electron chi connectivity index (χ4n) is 4.05. The average Bonchev–Trinajstić information content (AvgIpc) is 3.03. The Hall–Kier alpha value is -2.08. The molecule has 0 bridgehead atoms. The molecule has 0 radical (unpaired) electrons. The number of guanidine groups is 1. The first-order chi connectivity index (χ1) is 13.5. The zero-order valence-electron chi connectivity index (χ0n) is 18.0. The maximum atomic E-state index is 4.65. The zero-order chi connectivity index (χ0) is 20.0. The van der Waals surface area contributed by atoms with Crippen LogP contribution < -0.4 is 10.6 Å². The van der Waals surface area contributed by atoms with Crippen LogP contribution in [-0.2, 0) is 6.54 Å². The van der Waals surface area contributed by atoms with Gasteiger partial charge in [0.05, 0.1) is 11.0 Å². The van der Waals surface area contributed by atoms with Crippen molar-refractivity contribution in [3.63, 3.8) is 0 Å². The Balaban J connectivity index is 1.44. The van der Waals surface area contributed by atoms with E-state index in [0.717, 1.165) is 43.4 Å². The Morgan fingerprint density at radius 2 is 1.89 bits per heavy atom. The fourth-order valence-corrected chi connectivity index (χ4v) is 4.05. The van der Waals surface area contributed by atoms with E-state index in [1.807, 2.05) is 13.1 Å². The van der Waals surface area contributed by atoms with Gasteiger partial charge in [0, 0.05) is 32.2 Å². The number of aliphatic imine (C=N–C) groups is 1. The van der Waals surface area contributed by atoms with E-state index in [1.54, 1.807) is 0 Å². The molecule has 0 spiro atoms. The summed E-state index contributed by atoms with van der Waals surface area (Å²) in [6.07, 6.45) is 5.03. The number of nitrogens with zero attached hydrogens (tertiary/aromatic N) is 4. The van der Waals surface area contributed by atoms with Crippen LogP contribution in [0.15, 0.2) is 29.3 Å². The second-order valence-electron chi connectivity index (χ2n) is 8.37. The second-order valence-corrected chi connectivity index (χ2v) is 8.37. The van der Waals surface area contributed by atoms with Crippen LogP contribution in [0.1, 0.15) is 45.4 Å². The van der Waals surface area contributed by atoms with Crippen LogP contribution in [0.2, 0.25) is 0 Å². The molecule has 3 rings (SSSR count). The molecule has 1 aromatic heterocycles. The molecule has 0 atom stereocenters. The number of hydrogen-bond acceptors (Lipinski definition) is 3. The number of piperidine rings is 1. The lowest BCUT2D eigenvalue weighted by Crippen LogP contribution is -2.54. The Bertz CT molecular complexity index is 785. The van der Waals surface area contributed by atoms with Gasteiger partial charge in [0.15, 0.2) is 5.96 Å². The smallest absolute Gasteiger partial charge is 0.191 e.